The highest BCUT2D eigenvalue weighted by Crippen LogP contribution is 2.20. The fourth-order valence-corrected chi connectivity index (χ4v) is 2.64. The molecule has 0 aromatic heterocycles. The van der Waals surface area contributed by atoms with E-state index < -0.39 is 28.6 Å². The molecule has 1 N–H and O–H groups in total. The second-order valence-corrected chi connectivity index (χ2v) is 8.27. The van der Waals surface area contributed by atoms with E-state index in [0.717, 1.165) is 11.5 Å². The maximum atomic E-state index is 12.6. The minimum absolute atomic E-state index is 0.131. The highest BCUT2D eigenvalue weighted by atomic mass is 16.7. The fraction of sp³-hybridized carbons (Fsp3) is 0.591. The van der Waals surface area contributed by atoms with Gasteiger partial charge in [0.1, 0.15) is 5.60 Å². The third-order valence-corrected chi connectivity index (χ3v) is 4.26. The van der Waals surface area contributed by atoms with Crippen LogP contribution in [0.4, 0.5) is 10.5 Å². The van der Waals surface area contributed by atoms with Crippen LogP contribution in [-0.4, -0.2) is 53.3 Å². The number of hydroxylamine groups is 2. The summed E-state index contributed by atoms with van der Waals surface area (Å²) in [4.78, 5) is 51.7. The third-order valence-electron chi connectivity index (χ3n) is 4.26. The number of benzene rings is 1. The lowest BCUT2D eigenvalue weighted by Gasteiger charge is -2.26. The lowest BCUT2D eigenvalue weighted by Crippen LogP contribution is -2.43. The number of hydrogen-bond donors (Lipinski definition) is 1. The average Bonchev–Trinajstić information content (AvgIpc) is 2.74. The van der Waals surface area contributed by atoms with Crippen molar-refractivity contribution in [2.75, 3.05) is 13.2 Å². The zero-order valence-corrected chi connectivity index (χ0v) is 19.6. The average molecular weight is 468 g/mol. The van der Waals surface area contributed by atoms with Crippen LogP contribution in [0.25, 0.3) is 0 Å². The molecule has 0 aliphatic heterocycles. The molecule has 0 radical (unpaired) electrons. The number of rotatable bonds is 14. The van der Waals surface area contributed by atoms with Crippen molar-refractivity contribution < 1.29 is 33.6 Å². The molecule has 33 heavy (non-hydrogen) atoms. The van der Waals surface area contributed by atoms with E-state index in [1.165, 1.54) is 24.3 Å². The van der Waals surface area contributed by atoms with Gasteiger partial charge >= 0.3 is 12.1 Å². The Morgan fingerprint density at radius 1 is 1.18 bits per heavy atom. The molecule has 0 saturated carbocycles. The lowest BCUT2D eigenvalue weighted by molar-refractivity contribution is -0.384. The van der Waals surface area contributed by atoms with E-state index in [2.05, 4.69) is 5.32 Å². The molecule has 1 unspecified atom stereocenters. The van der Waals surface area contributed by atoms with Crippen molar-refractivity contribution in [1.82, 2.24) is 10.4 Å². The first kappa shape index (κ1) is 27.7. The van der Waals surface area contributed by atoms with Crippen LogP contribution in [0.5, 0.6) is 5.75 Å². The quantitative estimate of drug-likeness (QED) is 0.144. The Morgan fingerprint density at radius 3 is 2.39 bits per heavy atom. The Hall–Kier alpha value is -3.37. The second-order valence-electron chi connectivity index (χ2n) is 8.27. The van der Waals surface area contributed by atoms with E-state index in [1.807, 2.05) is 6.92 Å². The SMILES string of the molecule is CCCCOC(=O)C(CCCCNC(=O)OC(C)(C)C)N(C=O)Oc1ccc([N+](=O)[O-])cc1. The van der Waals surface area contributed by atoms with Gasteiger partial charge in [0.2, 0.25) is 6.41 Å². The normalized spacial score (nSPS) is 11.8. The molecule has 1 aromatic carbocycles. The van der Waals surface area contributed by atoms with Gasteiger partial charge in [0.05, 0.1) is 11.5 Å². The van der Waals surface area contributed by atoms with E-state index in [0.29, 0.717) is 32.2 Å². The minimum Gasteiger partial charge on any atom is -0.464 e. The fourth-order valence-electron chi connectivity index (χ4n) is 2.64. The van der Waals surface area contributed by atoms with E-state index >= 15 is 0 Å². The Balaban J connectivity index is 2.72. The van der Waals surface area contributed by atoms with Gasteiger partial charge in [-0.3, -0.25) is 14.9 Å². The number of nitrogens with zero attached hydrogens (tertiary/aromatic N) is 2. The van der Waals surface area contributed by atoms with Gasteiger partial charge in [0.25, 0.3) is 5.69 Å². The van der Waals surface area contributed by atoms with Crippen LogP contribution in [0.2, 0.25) is 0 Å². The van der Waals surface area contributed by atoms with Crippen LogP contribution in [0.15, 0.2) is 24.3 Å². The van der Waals surface area contributed by atoms with E-state index in [9.17, 15) is 24.5 Å². The van der Waals surface area contributed by atoms with Crippen LogP contribution in [0, 0.1) is 10.1 Å². The number of unbranched alkanes of at least 4 members (excludes halogenated alkanes) is 2. The van der Waals surface area contributed by atoms with Gasteiger partial charge in [0.15, 0.2) is 11.8 Å². The molecular weight excluding hydrogens is 434 g/mol. The molecule has 11 nitrogen and oxygen atoms in total. The van der Waals surface area contributed by atoms with Crippen molar-refractivity contribution in [2.45, 2.75) is 71.4 Å². The second kappa shape index (κ2) is 13.9. The molecule has 0 bridgehead atoms. The van der Waals surface area contributed by atoms with Crippen molar-refractivity contribution in [1.29, 1.82) is 0 Å². The number of esters is 1. The summed E-state index contributed by atoms with van der Waals surface area (Å²) in [6.45, 7) is 7.80. The number of alkyl carbamates (subject to hydrolysis) is 1. The maximum Gasteiger partial charge on any atom is 0.407 e. The predicted molar refractivity (Wildman–Crippen MR) is 119 cm³/mol. The van der Waals surface area contributed by atoms with Gasteiger partial charge in [-0.15, -0.1) is 0 Å². The van der Waals surface area contributed by atoms with Gasteiger partial charge in [-0.1, -0.05) is 13.3 Å². The summed E-state index contributed by atoms with van der Waals surface area (Å²) in [5.41, 5.74) is -0.732. The number of non-ortho nitro benzene ring substituents is 1. The molecule has 0 aliphatic carbocycles. The smallest absolute Gasteiger partial charge is 0.407 e. The zero-order valence-electron chi connectivity index (χ0n) is 19.6. The summed E-state index contributed by atoms with van der Waals surface area (Å²) >= 11 is 0. The highest BCUT2D eigenvalue weighted by molar-refractivity contribution is 5.78. The summed E-state index contributed by atoms with van der Waals surface area (Å²) in [6, 6.07) is 4.11. The zero-order chi connectivity index (χ0) is 24.9. The van der Waals surface area contributed by atoms with Crippen molar-refractivity contribution in [3.05, 3.63) is 34.4 Å². The molecular formula is C22H33N3O8. The van der Waals surface area contributed by atoms with Gasteiger partial charge in [-0.05, 0) is 58.6 Å². The molecule has 11 heteroatoms. The number of carbonyl (C=O) groups is 3. The molecule has 0 fully saturated rings. The number of amides is 2. The topological polar surface area (TPSA) is 137 Å². The molecule has 1 rings (SSSR count). The van der Waals surface area contributed by atoms with E-state index in [4.69, 9.17) is 14.3 Å². The lowest BCUT2D eigenvalue weighted by atomic mass is 10.1. The van der Waals surface area contributed by atoms with Gasteiger partial charge in [-0.25, -0.2) is 9.59 Å². The number of nitro groups is 1. The van der Waals surface area contributed by atoms with Crippen molar-refractivity contribution in [2.24, 2.45) is 0 Å². The molecule has 0 spiro atoms. The third kappa shape index (κ3) is 11.2. The first-order valence-corrected chi connectivity index (χ1v) is 10.9. The maximum absolute atomic E-state index is 12.6. The van der Waals surface area contributed by atoms with Crippen LogP contribution in [0.1, 0.15) is 59.8 Å². The van der Waals surface area contributed by atoms with E-state index in [1.54, 1.807) is 20.8 Å². The molecule has 0 saturated heterocycles. The summed E-state index contributed by atoms with van der Waals surface area (Å²) in [5, 5.41) is 14.3. The summed E-state index contributed by atoms with van der Waals surface area (Å²) in [6.07, 6.45) is 2.60. The largest absolute Gasteiger partial charge is 0.464 e. The van der Waals surface area contributed by atoms with Crippen molar-refractivity contribution in [3.8, 4) is 5.75 Å². The predicted octanol–water partition coefficient (Wildman–Crippen LogP) is 3.75. The summed E-state index contributed by atoms with van der Waals surface area (Å²) in [7, 11) is 0. The summed E-state index contributed by atoms with van der Waals surface area (Å²) < 4.78 is 10.4. The van der Waals surface area contributed by atoms with Gasteiger partial charge in [-0.2, -0.15) is 5.06 Å². The molecule has 0 heterocycles. The first-order valence-electron chi connectivity index (χ1n) is 10.9. The minimum atomic E-state index is -1.02. The Kier molecular flexibility index (Phi) is 11.7. The standard InChI is InChI=1S/C22H33N3O8/c1-5-6-15-31-20(27)19(9-7-8-14-23-21(28)32-22(2,3)4)24(16-26)33-18-12-10-17(11-13-18)25(29)30/h10-13,16,19H,5-9,14-15H2,1-4H3,(H,23,28). The summed E-state index contributed by atoms with van der Waals surface area (Å²) in [5.74, 6) is -0.455. The van der Waals surface area contributed by atoms with E-state index in [-0.39, 0.29) is 24.5 Å². The van der Waals surface area contributed by atoms with Crippen molar-refractivity contribution >= 4 is 24.2 Å². The van der Waals surface area contributed by atoms with Crippen LogP contribution < -0.4 is 10.2 Å². The van der Waals surface area contributed by atoms with Crippen LogP contribution in [-0.2, 0) is 19.1 Å². The van der Waals surface area contributed by atoms with Gasteiger partial charge in [0, 0.05) is 18.7 Å². The Labute approximate surface area is 193 Å². The Morgan fingerprint density at radius 2 is 1.85 bits per heavy atom. The molecule has 0 aliphatic rings. The molecule has 2 amide bonds. The Bertz CT molecular complexity index is 777. The number of nitro benzene ring substituents is 1. The number of carbonyl (C=O) groups excluding carboxylic acids is 3. The van der Waals surface area contributed by atoms with Crippen molar-refractivity contribution in [3.63, 3.8) is 0 Å². The highest BCUT2D eigenvalue weighted by Gasteiger charge is 2.28. The van der Waals surface area contributed by atoms with Gasteiger partial charge < -0.3 is 19.6 Å². The molecule has 184 valence electrons. The molecule has 1 atom stereocenters. The number of hydrogen-bond acceptors (Lipinski definition) is 8. The number of ether oxygens (including phenoxy) is 2. The van der Waals surface area contributed by atoms with Crippen LogP contribution >= 0.6 is 0 Å². The molecule has 1 aromatic rings. The van der Waals surface area contributed by atoms with Crippen LogP contribution in [0.3, 0.4) is 0 Å². The first-order chi connectivity index (χ1) is 15.6. The monoisotopic (exact) mass is 467 g/mol. The number of nitrogens with one attached hydrogen (secondary N) is 1.